The molecule has 0 bridgehead atoms. The molecule has 0 unspecified atom stereocenters. The Morgan fingerprint density at radius 2 is 1.76 bits per heavy atom. The summed E-state index contributed by atoms with van der Waals surface area (Å²) in [6.07, 6.45) is -1.24. The monoisotopic (exact) mass is 299 g/mol. The Morgan fingerprint density at radius 3 is 2.18 bits per heavy atom. The van der Waals surface area contributed by atoms with E-state index in [2.05, 4.69) is 9.47 Å². The molecule has 0 radical (unpaired) electrons. The summed E-state index contributed by atoms with van der Waals surface area (Å²) in [6, 6.07) is 4.71. The van der Waals surface area contributed by atoms with Gasteiger partial charge in [0.1, 0.15) is 5.75 Å². The topological polar surface area (TPSA) is 78.7 Å². The minimum absolute atomic E-state index is 0.0230. The van der Waals surface area contributed by atoms with Crippen LogP contribution in [0.5, 0.6) is 5.75 Å². The molecule has 1 rings (SSSR count). The number of carbonyl (C=O) groups excluding carboxylic acids is 1. The van der Waals surface area contributed by atoms with Crippen LogP contribution in [0.25, 0.3) is 0 Å². The van der Waals surface area contributed by atoms with E-state index in [1.165, 1.54) is 12.1 Å². The van der Waals surface area contributed by atoms with Gasteiger partial charge in [-0.05, 0) is 46.9 Å². The minimum atomic E-state index is -2.22. The Hall–Kier alpha value is -1.24. The average molecular weight is 300 g/mol. The third kappa shape index (κ3) is 5.08. The van der Waals surface area contributed by atoms with Crippen molar-refractivity contribution in [3.8, 4) is 5.75 Å². The Balaban J connectivity index is 2.64. The lowest BCUT2D eigenvalue weighted by Crippen LogP contribution is -2.19. The maximum Gasteiger partial charge on any atom is 0.517 e. The Kier molecular flexibility index (Phi) is 4.39. The SMILES string of the molecule is O=C(Oc1ccc([N+](=O)[O-])cc1)OC(Cl)(Cl)Cl. The van der Waals surface area contributed by atoms with Crippen LogP contribution in [-0.2, 0) is 4.74 Å². The van der Waals surface area contributed by atoms with Gasteiger partial charge in [0.2, 0.25) is 0 Å². The van der Waals surface area contributed by atoms with E-state index in [-0.39, 0.29) is 11.4 Å². The predicted molar refractivity (Wildman–Crippen MR) is 60.5 cm³/mol. The number of nitro groups is 1. The van der Waals surface area contributed by atoms with E-state index in [0.717, 1.165) is 12.1 Å². The van der Waals surface area contributed by atoms with E-state index in [1.807, 2.05) is 0 Å². The summed E-state index contributed by atoms with van der Waals surface area (Å²) in [4.78, 5) is 20.8. The zero-order valence-corrected chi connectivity index (χ0v) is 10.2. The van der Waals surface area contributed by atoms with Crippen molar-refractivity contribution in [2.75, 3.05) is 0 Å². The number of non-ortho nitro benzene ring substituents is 1. The van der Waals surface area contributed by atoms with Crippen molar-refractivity contribution in [3.63, 3.8) is 0 Å². The number of nitrogens with zero attached hydrogens (tertiary/aromatic N) is 1. The second-order valence-electron chi connectivity index (χ2n) is 2.65. The third-order valence-corrected chi connectivity index (χ3v) is 1.68. The van der Waals surface area contributed by atoms with Gasteiger partial charge in [0, 0.05) is 12.1 Å². The zero-order valence-electron chi connectivity index (χ0n) is 7.93. The second-order valence-corrected chi connectivity index (χ2v) is 4.83. The summed E-state index contributed by atoms with van der Waals surface area (Å²) in [5.41, 5.74) is -0.146. The first-order valence-electron chi connectivity index (χ1n) is 4.00. The fourth-order valence-electron chi connectivity index (χ4n) is 0.847. The molecule has 0 heterocycles. The standard InChI is InChI=1S/C8H4Cl3NO5/c9-8(10,11)17-7(13)16-6-3-1-5(2-4-6)12(14)15/h1-4H. The lowest BCUT2D eigenvalue weighted by Gasteiger charge is -2.11. The van der Waals surface area contributed by atoms with Crippen LogP contribution in [0.3, 0.4) is 0 Å². The molecule has 0 fully saturated rings. The lowest BCUT2D eigenvalue weighted by atomic mass is 10.3. The molecular formula is C8H4Cl3NO5. The number of ether oxygens (including phenoxy) is 2. The number of rotatable bonds is 2. The Labute approximate surface area is 110 Å². The number of hydrogen-bond acceptors (Lipinski definition) is 5. The number of carbonyl (C=O) groups is 1. The largest absolute Gasteiger partial charge is 0.517 e. The fourth-order valence-corrected chi connectivity index (χ4v) is 1.04. The fraction of sp³-hybridized carbons (Fsp3) is 0.125. The van der Waals surface area contributed by atoms with E-state index in [4.69, 9.17) is 34.8 Å². The highest BCUT2D eigenvalue weighted by molar-refractivity contribution is 6.66. The van der Waals surface area contributed by atoms with E-state index < -0.39 is 15.1 Å². The van der Waals surface area contributed by atoms with Gasteiger partial charge in [0.15, 0.2) is 0 Å². The normalized spacial score (nSPS) is 10.8. The van der Waals surface area contributed by atoms with Gasteiger partial charge in [-0.3, -0.25) is 10.1 Å². The molecular weight excluding hydrogens is 296 g/mol. The zero-order chi connectivity index (χ0) is 13.1. The van der Waals surface area contributed by atoms with Gasteiger partial charge in [0.25, 0.3) is 5.69 Å². The molecule has 17 heavy (non-hydrogen) atoms. The number of nitro benzene ring substituents is 1. The van der Waals surface area contributed by atoms with Crippen molar-refractivity contribution in [2.45, 2.75) is 3.98 Å². The molecule has 0 N–H and O–H groups in total. The molecule has 0 saturated heterocycles. The summed E-state index contributed by atoms with van der Waals surface area (Å²) >= 11 is 15.5. The van der Waals surface area contributed by atoms with E-state index in [1.54, 1.807) is 0 Å². The van der Waals surface area contributed by atoms with Crippen molar-refractivity contribution in [1.82, 2.24) is 0 Å². The highest BCUT2D eigenvalue weighted by Gasteiger charge is 2.26. The van der Waals surface area contributed by atoms with Gasteiger partial charge in [-0.25, -0.2) is 4.79 Å². The third-order valence-electron chi connectivity index (χ3n) is 1.45. The molecule has 0 aliphatic heterocycles. The summed E-state index contributed by atoms with van der Waals surface area (Å²) in [6.45, 7) is 0. The molecule has 6 nitrogen and oxygen atoms in total. The Morgan fingerprint density at radius 1 is 1.24 bits per heavy atom. The number of benzene rings is 1. The van der Waals surface area contributed by atoms with Crippen LogP contribution in [0.15, 0.2) is 24.3 Å². The molecule has 0 spiro atoms. The van der Waals surface area contributed by atoms with Gasteiger partial charge in [-0.15, -0.1) is 0 Å². The molecule has 0 amide bonds. The molecule has 1 aromatic rings. The van der Waals surface area contributed by atoms with Gasteiger partial charge in [0.05, 0.1) is 4.92 Å². The molecule has 0 aromatic heterocycles. The smallest absolute Gasteiger partial charge is 0.395 e. The maximum atomic E-state index is 11.0. The quantitative estimate of drug-likeness (QED) is 0.275. The van der Waals surface area contributed by atoms with Crippen LogP contribution >= 0.6 is 34.8 Å². The highest BCUT2D eigenvalue weighted by Crippen LogP contribution is 2.28. The summed E-state index contributed by atoms with van der Waals surface area (Å²) < 4.78 is 6.58. The van der Waals surface area contributed by atoms with Crippen LogP contribution in [0, 0.1) is 10.1 Å². The van der Waals surface area contributed by atoms with Crippen molar-refractivity contribution in [3.05, 3.63) is 34.4 Å². The summed E-state index contributed by atoms with van der Waals surface area (Å²) in [7, 11) is 0. The van der Waals surface area contributed by atoms with Gasteiger partial charge in [-0.1, -0.05) is 0 Å². The molecule has 0 aliphatic carbocycles. The number of halogens is 3. The average Bonchev–Trinajstić information content (AvgIpc) is 2.15. The van der Waals surface area contributed by atoms with Crippen LogP contribution in [0.1, 0.15) is 0 Å². The van der Waals surface area contributed by atoms with Crippen molar-refractivity contribution >= 4 is 46.6 Å². The van der Waals surface area contributed by atoms with Crippen LogP contribution in [0.2, 0.25) is 0 Å². The molecule has 0 atom stereocenters. The molecule has 0 aliphatic rings. The predicted octanol–water partition coefficient (Wildman–Crippen LogP) is 3.44. The summed E-state index contributed by atoms with van der Waals surface area (Å²) in [5, 5.41) is 10.3. The van der Waals surface area contributed by atoms with Crippen molar-refractivity contribution in [2.24, 2.45) is 0 Å². The first kappa shape index (κ1) is 13.8. The van der Waals surface area contributed by atoms with E-state index in [9.17, 15) is 14.9 Å². The van der Waals surface area contributed by atoms with Gasteiger partial charge < -0.3 is 9.47 Å². The van der Waals surface area contributed by atoms with Crippen LogP contribution < -0.4 is 4.74 Å². The molecule has 92 valence electrons. The lowest BCUT2D eigenvalue weighted by molar-refractivity contribution is -0.384. The maximum absolute atomic E-state index is 11.0. The van der Waals surface area contributed by atoms with Crippen molar-refractivity contribution < 1.29 is 19.2 Å². The second kappa shape index (κ2) is 5.39. The highest BCUT2D eigenvalue weighted by atomic mass is 35.6. The van der Waals surface area contributed by atoms with Gasteiger partial charge >= 0.3 is 10.1 Å². The molecule has 1 aromatic carbocycles. The Bertz CT molecular complexity index is 428. The summed E-state index contributed by atoms with van der Waals surface area (Å²) in [5.74, 6) is 0.0230. The first-order valence-corrected chi connectivity index (χ1v) is 5.13. The van der Waals surface area contributed by atoms with E-state index in [0.29, 0.717) is 0 Å². The number of alkyl halides is 3. The van der Waals surface area contributed by atoms with Crippen LogP contribution in [0.4, 0.5) is 10.5 Å². The minimum Gasteiger partial charge on any atom is -0.395 e. The van der Waals surface area contributed by atoms with E-state index >= 15 is 0 Å². The van der Waals surface area contributed by atoms with Gasteiger partial charge in [-0.2, -0.15) is 0 Å². The number of hydrogen-bond donors (Lipinski definition) is 0. The first-order chi connectivity index (χ1) is 7.78. The van der Waals surface area contributed by atoms with Crippen molar-refractivity contribution in [1.29, 1.82) is 0 Å². The molecule has 0 saturated carbocycles. The molecule has 9 heteroatoms. The van der Waals surface area contributed by atoms with Crippen LogP contribution in [-0.4, -0.2) is 15.1 Å².